The van der Waals surface area contributed by atoms with E-state index in [0.29, 0.717) is 0 Å². The van der Waals surface area contributed by atoms with Crippen molar-refractivity contribution >= 4 is 31.4 Å². The molecule has 179 valence electrons. The highest BCUT2D eigenvalue weighted by Crippen LogP contribution is 2.37. The molecule has 7 nitrogen and oxygen atoms in total. The average molecular weight is 498 g/mol. The Morgan fingerprint density at radius 2 is 1.62 bits per heavy atom. The largest absolute Gasteiger partial charge is 0.387 e. The van der Waals surface area contributed by atoms with Gasteiger partial charge in [0, 0.05) is 6.20 Å². The van der Waals surface area contributed by atoms with Crippen LogP contribution in [0.25, 0.3) is 0 Å². The summed E-state index contributed by atoms with van der Waals surface area (Å²) in [6.07, 6.45) is -2.00. The maximum absolute atomic E-state index is 13.2. The fourth-order valence-corrected chi connectivity index (χ4v) is 7.78. The number of hydrogen-bond acceptors (Lipinski definition) is 6. The zero-order chi connectivity index (χ0) is 24.5. The van der Waals surface area contributed by atoms with Crippen LogP contribution in [0.5, 0.6) is 0 Å². The fourth-order valence-electron chi connectivity index (χ4n) is 4.26. The summed E-state index contributed by atoms with van der Waals surface area (Å²) >= 11 is 5.15. The molecule has 4 rings (SSSR count). The number of nitrogens with one attached hydrogen (secondary N) is 1. The third-order valence-corrected chi connectivity index (χ3v) is 9.21. The quantitative estimate of drug-likeness (QED) is 0.351. The number of ether oxygens (including phenoxy) is 2. The normalized spacial score (nSPS) is 25.1. The van der Waals surface area contributed by atoms with Crippen LogP contribution in [-0.2, 0) is 14.8 Å². The number of aromatic amines is 1. The van der Waals surface area contributed by atoms with Crippen molar-refractivity contribution < 1.29 is 19.7 Å². The molecule has 0 amide bonds. The molecular weight excluding hydrogens is 468 g/mol. The molecule has 0 saturated carbocycles. The molecule has 9 heteroatoms. The molecule has 1 aliphatic rings. The summed E-state index contributed by atoms with van der Waals surface area (Å²) in [4.78, 5) is 15.9. The smallest absolute Gasteiger partial charge is 0.328 e. The number of nitrogens with zero attached hydrogens (tertiary/aromatic N) is 1. The number of benzene rings is 2. The number of aliphatic hydroxyl groups is 2. The van der Waals surface area contributed by atoms with Crippen LogP contribution in [0.15, 0.2) is 77.7 Å². The van der Waals surface area contributed by atoms with Crippen molar-refractivity contribution in [3.05, 3.63) is 88.1 Å². The molecule has 0 spiro atoms. The van der Waals surface area contributed by atoms with Crippen LogP contribution in [0, 0.1) is 4.64 Å². The average Bonchev–Trinajstić information content (AvgIpc) is 3.05. The number of aliphatic hydroxyl groups excluding tert-OH is 2. The Morgan fingerprint density at radius 3 is 2.12 bits per heavy atom. The van der Waals surface area contributed by atoms with Crippen LogP contribution in [-0.4, -0.2) is 59.1 Å². The molecule has 2 aromatic carbocycles. The van der Waals surface area contributed by atoms with Gasteiger partial charge in [-0.05, 0) is 26.8 Å². The van der Waals surface area contributed by atoms with Gasteiger partial charge < -0.3 is 19.7 Å². The Kier molecular flexibility index (Phi) is 7.04. The molecule has 1 radical (unpaired) electrons. The lowest BCUT2D eigenvalue weighted by molar-refractivity contribution is -0.120. The molecule has 3 aromatic rings. The van der Waals surface area contributed by atoms with Crippen molar-refractivity contribution in [2.24, 2.45) is 0 Å². The summed E-state index contributed by atoms with van der Waals surface area (Å²) in [5.74, 6) is 0. The van der Waals surface area contributed by atoms with E-state index in [4.69, 9.17) is 21.7 Å². The lowest BCUT2D eigenvalue weighted by atomic mass is 10.1. The predicted molar refractivity (Wildman–Crippen MR) is 134 cm³/mol. The molecule has 0 unspecified atom stereocenters. The molecule has 0 aliphatic carbocycles. The Hall–Kier alpha value is -2.40. The number of rotatable bonds is 6. The minimum atomic E-state index is -2.07. The van der Waals surface area contributed by atoms with Crippen molar-refractivity contribution in [1.82, 2.24) is 9.55 Å². The van der Waals surface area contributed by atoms with E-state index in [-0.39, 0.29) is 11.2 Å². The first-order chi connectivity index (χ1) is 16.1. The van der Waals surface area contributed by atoms with Crippen molar-refractivity contribution in [3.8, 4) is 0 Å². The van der Waals surface area contributed by atoms with Crippen LogP contribution in [0.1, 0.15) is 20.8 Å². The van der Waals surface area contributed by atoms with Gasteiger partial charge in [0.2, 0.25) is 0 Å². The third-order valence-electron chi connectivity index (χ3n) is 5.78. The Labute approximate surface area is 205 Å². The first-order valence-electron chi connectivity index (χ1n) is 11.1. The summed E-state index contributed by atoms with van der Waals surface area (Å²) in [5.41, 5.74) is -0.994. The lowest BCUT2D eigenvalue weighted by Gasteiger charge is -2.40. The van der Waals surface area contributed by atoms with Gasteiger partial charge >= 0.3 is 5.69 Å². The maximum Gasteiger partial charge on any atom is 0.328 e. The fraction of sp³-hybridized carbons (Fsp3) is 0.360. The summed E-state index contributed by atoms with van der Waals surface area (Å²) in [6, 6.07) is 20.9. The van der Waals surface area contributed by atoms with E-state index in [1.165, 1.54) is 10.8 Å². The zero-order valence-electron chi connectivity index (χ0n) is 19.3. The molecule has 2 heterocycles. The molecule has 4 atom stereocenters. The van der Waals surface area contributed by atoms with Crippen LogP contribution < -0.4 is 16.1 Å². The minimum Gasteiger partial charge on any atom is -0.387 e. The van der Waals surface area contributed by atoms with Gasteiger partial charge in [-0.2, -0.15) is 0 Å². The maximum atomic E-state index is 13.2. The van der Waals surface area contributed by atoms with Crippen LogP contribution in [0.4, 0.5) is 0 Å². The zero-order valence-corrected chi connectivity index (χ0v) is 21.2. The van der Waals surface area contributed by atoms with E-state index in [0.717, 1.165) is 10.4 Å². The summed E-state index contributed by atoms with van der Waals surface area (Å²) < 4.78 is 14.1. The second-order valence-corrected chi connectivity index (χ2v) is 12.4. The van der Waals surface area contributed by atoms with Gasteiger partial charge in [0.25, 0.3) is 0 Å². The van der Waals surface area contributed by atoms with Gasteiger partial charge in [-0.15, -0.1) is 0 Å². The Morgan fingerprint density at radius 1 is 1.06 bits per heavy atom. The SMILES string of the molecule is CC(C)(C)OC[C@H]1O[C@](n2ccc(=S)[nH]c2=O)([Si](c2ccccc2)c2ccccc2)[C@H](O)[C@@H]1O. The van der Waals surface area contributed by atoms with E-state index in [9.17, 15) is 15.0 Å². The molecular formula is C25H29N2O5SSi. The van der Waals surface area contributed by atoms with Crippen LogP contribution in [0.3, 0.4) is 0 Å². The highest BCUT2D eigenvalue weighted by molar-refractivity contribution is 7.71. The number of aromatic nitrogens is 2. The van der Waals surface area contributed by atoms with Gasteiger partial charge in [-0.25, -0.2) is 4.79 Å². The monoisotopic (exact) mass is 497 g/mol. The third kappa shape index (κ3) is 4.72. The Balaban J connectivity index is 1.96. The molecule has 1 aromatic heterocycles. The molecule has 3 N–H and O–H groups in total. The van der Waals surface area contributed by atoms with Crippen molar-refractivity contribution in [3.63, 3.8) is 0 Å². The second-order valence-electron chi connectivity index (χ2n) is 9.30. The lowest BCUT2D eigenvalue weighted by Crippen LogP contribution is -2.68. The van der Waals surface area contributed by atoms with E-state index in [1.807, 2.05) is 81.4 Å². The Bertz CT molecular complexity index is 1190. The first kappa shape index (κ1) is 24.7. The number of H-pyrrole nitrogens is 1. The van der Waals surface area contributed by atoms with Gasteiger partial charge in [-0.1, -0.05) is 83.3 Å². The summed E-state index contributed by atoms with van der Waals surface area (Å²) in [7, 11) is -2.07. The molecule has 1 aliphatic heterocycles. The summed E-state index contributed by atoms with van der Waals surface area (Å²) in [6.45, 7) is 5.77. The van der Waals surface area contributed by atoms with E-state index < -0.39 is 43.7 Å². The molecule has 1 fully saturated rings. The molecule has 1 saturated heterocycles. The van der Waals surface area contributed by atoms with Crippen LogP contribution in [0.2, 0.25) is 0 Å². The highest BCUT2D eigenvalue weighted by atomic mass is 32.1. The van der Waals surface area contributed by atoms with Crippen molar-refractivity contribution in [2.45, 2.75) is 50.0 Å². The van der Waals surface area contributed by atoms with E-state index >= 15 is 0 Å². The standard InChI is InChI=1S/C25H29N2O5SSi/c1-24(2,3)31-16-19-21(28)22(29)25(32-19,27-15-14-20(33)26-23(27)30)34(17-10-6-4-7-11-17)18-12-8-5-9-13-18/h4-15,19,21-22,28-29H,16H2,1-3H3,(H,26,30,33)/t19-,21-,22-,25+/m1/s1. The highest BCUT2D eigenvalue weighted by Gasteiger charge is 2.61. The van der Waals surface area contributed by atoms with Gasteiger partial charge in [0.15, 0.2) is 14.1 Å². The van der Waals surface area contributed by atoms with Gasteiger partial charge in [-0.3, -0.25) is 9.55 Å². The molecule has 0 bridgehead atoms. The summed E-state index contributed by atoms with van der Waals surface area (Å²) in [5, 5.41) is 23.1. The first-order valence-corrected chi connectivity index (χ1v) is 13.0. The van der Waals surface area contributed by atoms with Gasteiger partial charge in [0.05, 0.1) is 12.2 Å². The topological polar surface area (TPSA) is 96.7 Å². The molecule has 34 heavy (non-hydrogen) atoms. The van der Waals surface area contributed by atoms with Crippen LogP contribution >= 0.6 is 12.2 Å². The number of hydrogen-bond donors (Lipinski definition) is 3. The minimum absolute atomic E-state index is 0.0553. The second kappa shape index (κ2) is 9.69. The van der Waals surface area contributed by atoms with E-state index in [1.54, 1.807) is 6.07 Å². The van der Waals surface area contributed by atoms with Crippen molar-refractivity contribution in [2.75, 3.05) is 6.61 Å². The predicted octanol–water partition coefficient (Wildman–Crippen LogP) is 1.34. The van der Waals surface area contributed by atoms with Crippen molar-refractivity contribution in [1.29, 1.82) is 0 Å². The van der Waals surface area contributed by atoms with Gasteiger partial charge in [0.1, 0.15) is 23.0 Å². The van der Waals surface area contributed by atoms with E-state index in [2.05, 4.69) is 4.98 Å².